The van der Waals surface area contributed by atoms with Gasteiger partial charge in [-0.2, -0.15) is 0 Å². The van der Waals surface area contributed by atoms with Crippen LogP contribution >= 0.6 is 11.8 Å². The molecule has 1 aliphatic heterocycles. The number of benzene rings is 2. The van der Waals surface area contributed by atoms with E-state index in [9.17, 15) is 9.59 Å². The predicted molar refractivity (Wildman–Crippen MR) is 129 cm³/mol. The van der Waals surface area contributed by atoms with Crippen LogP contribution in [0.3, 0.4) is 0 Å². The zero-order valence-corrected chi connectivity index (χ0v) is 19.8. The topological polar surface area (TPSA) is 67.9 Å². The van der Waals surface area contributed by atoms with Crippen LogP contribution < -0.4 is 10.1 Å². The van der Waals surface area contributed by atoms with Crippen molar-refractivity contribution in [1.82, 2.24) is 4.90 Å². The Bertz CT molecular complexity index is 897. The van der Waals surface area contributed by atoms with Gasteiger partial charge < -0.3 is 19.7 Å². The zero-order valence-electron chi connectivity index (χ0n) is 19.0. The van der Waals surface area contributed by atoms with Gasteiger partial charge in [0.1, 0.15) is 5.75 Å². The summed E-state index contributed by atoms with van der Waals surface area (Å²) in [6.45, 7) is 5.59. The van der Waals surface area contributed by atoms with Gasteiger partial charge in [-0.05, 0) is 44.9 Å². The lowest BCUT2D eigenvalue weighted by Gasteiger charge is -2.28. The zero-order chi connectivity index (χ0) is 22.9. The molecular weight excluding hydrogens is 424 g/mol. The van der Waals surface area contributed by atoms with Gasteiger partial charge in [0.05, 0.1) is 24.2 Å². The van der Waals surface area contributed by atoms with Crippen molar-refractivity contribution in [1.29, 1.82) is 0 Å². The van der Waals surface area contributed by atoms with E-state index in [0.717, 1.165) is 42.0 Å². The molecule has 0 saturated carbocycles. The number of nitrogens with zero attached hydrogens (tertiary/aromatic N) is 1. The molecular formula is C25H32N2O4S. The fourth-order valence-electron chi connectivity index (χ4n) is 3.67. The quantitative estimate of drug-likeness (QED) is 0.578. The van der Waals surface area contributed by atoms with Gasteiger partial charge >= 0.3 is 0 Å². The number of methoxy groups -OCH3 is 1. The third kappa shape index (κ3) is 7.00. The molecule has 172 valence electrons. The Labute approximate surface area is 194 Å². The largest absolute Gasteiger partial charge is 0.496 e. The molecule has 0 aliphatic carbocycles. The number of thioether (sulfide) groups is 1. The van der Waals surface area contributed by atoms with Gasteiger partial charge in [-0.1, -0.05) is 35.9 Å². The maximum absolute atomic E-state index is 13.3. The first-order valence-electron chi connectivity index (χ1n) is 11.0. The first-order valence-corrected chi connectivity index (χ1v) is 12.0. The molecule has 2 aromatic carbocycles. The highest BCUT2D eigenvalue weighted by Crippen LogP contribution is 2.24. The highest BCUT2D eigenvalue weighted by molar-refractivity contribution is 8.01. The first kappa shape index (κ1) is 24.1. The molecule has 1 heterocycles. The van der Waals surface area contributed by atoms with E-state index in [1.165, 1.54) is 11.8 Å². The van der Waals surface area contributed by atoms with Crippen molar-refractivity contribution in [2.24, 2.45) is 0 Å². The summed E-state index contributed by atoms with van der Waals surface area (Å²) in [6, 6.07) is 15.4. The molecule has 1 fully saturated rings. The average molecular weight is 457 g/mol. The Morgan fingerprint density at radius 2 is 1.97 bits per heavy atom. The summed E-state index contributed by atoms with van der Waals surface area (Å²) < 4.78 is 11.3. The number of anilines is 1. The lowest BCUT2D eigenvalue weighted by Crippen LogP contribution is -2.41. The standard InChI is InChI=1S/C25H32N2O4S/c1-18-10-12-21(13-11-18)26-24(28)17-32-19(2)25(29)27(16-22-8-6-14-31-22)15-20-7-4-5-9-23(20)30-3/h4-5,7,9-13,19,22H,6,8,14-17H2,1-3H3,(H,26,28). The van der Waals surface area contributed by atoms with Gasteiger partial charge in [0.2, 0.25) is 11.8 Å². The molecule has 0 spiro atoms. The summed E-state index contributed by atoms with van der Waals surface area (Å²) in [5, 5.41) is 2.53. The number of hydrogen-bond acceptors (Lipinski definition) is 5. The van der Waals surface area contributed by atoms with E-state index in [1.54, 1.807) is 7.11 Å². The first-order chi connectivity index (χ1) is 15.5. The molecule has 7 heteroatoms. The van der Waals surface area contributed by atoms with Crippen LogP contribution in [0.1, 0.15) is 30.9 Å². The number of amides is 2. The molecule has 2 unspecified atom stereocenters. The fraction of sp³-hybridized carbons (Fsp3) is 0.440. The molecule has 1 saturated heterocycles. The van der Waals surface area contributed by atoms with Gasteiger partial charge in [0, 0.05) is 30.9 Å². The van der Waals surface area contributed by atoms with Crippen LogP contribution in [0.2, 0.25) is 0 Å². The maximum Gasteiger partial charge on any atom is 0.235 e. The Hall–Kier alpha value is -2.51. The van der Waals surface area contributed by atoms with E-state index in [1.807, 2.05) is 67.3 Å². The van der Waals surface area contributed by atoms with Gasteiger partial charge in [-0.3, -0.25) is 9.59 Å². The molecule has 2 aromatic rings. The summed E-state index contributed by atoms with van der Waals surface area (Å²) in [4.78, 5) is 27.5. The second kappa shape index (κ2) is 11.9. The van der Waals surface area contributed by atoms with Crippen LogP contribution in [0, 0.1) is 6.92 Å². The summed E-state index contributed by atoms with van der Waals surface area (Å²) in [7, 11) is 1.64. The smallest absolute Gasteiger partial charge is 0.235 e. The molecule has 6 nitrogen and oxygen atoms in total. The minimum atomic E-state index is -0.352. The van der Waals surface area contributed by atoms with Crippen molar-refractivity contribution in [3.8, 4) is 5.75 Å². The van der Waals surface area contributed by atoms with Crippen molar-refractivity contribution >= 4 is 29.3 Å². The van der Waals surface area contributed by atoms with Crippen molar-refractivity contribution in [2.45, 2.75) is 44.6 Å². The number of para-hydroxylation sites is 1. The second-order valence-electron chi connectivity index (χ2n) is 8.03. The van der Waals surface area contributed by atoms with Crippen molar-refractivity contribution in [2.75, 3.05) is 31.3 Å². The number of carbonyl (C=O) groups is 2. The number of ether oxygens (including phenoxy) is 2. The molecule has 32 heavy (non-hydrogen) atoms. The summed E-state index contributed by atoms with van der Waals surface area (Å²) in [6.07, 6.45) is 2.02. The van der Waals surface area contributed by atoms with E-state index in [4.69, 9.17) is 9.47 Å². The number of carbonyl (C=O) groups excluding carboxylic acids is 2. The van der Waals surface area contributed by atoms with Crippen LogP contribution in [0.15, 0.2) is 48.5 Å². The highest BCUT2D eigenvalue weighted by Gasteiger charge is 2.27. The number of rotatable bonds is 10. The maximum atomic E-state index is 13.3. The molecule has 0 bridgehead atoms. The third-order valence-electron chi connectivity index (χ3n) is 5.46. The normalized spacial score (nSPS) is 16.4. The van der Waals surface area contributed by atoms with E-state index in [2.05, 4.69) is 5.32 Å². The molecule has 3 rings (SSSR count). The van der Waals surface area contributed by atoms with Crippen molar-refractivity contribution in [3.05, 3.63) is 59.7 Å². The summed E-state index contributed by atoms with van der Waals surface area (Å²) in [5.41, 5.74) is 2.85. The lowest BCUT2D eigenvalue weighted by molar-refractivity contribution is -0.132. The van der Waals surface area contributed by atoms with E-state index in [-0.39, 0.29) is 28.9 Å². The predicted octanol–water partition coefficient (Wildman–Crippen LogP) is 4.27. The number of aryl methyl sites for hydroxylation is 1. The number of nitrogens with one attached hydrogen (secondary N) is 1. The Morgan fingerprint density at radius 3 is 2.66 bits per heavy atom. The van der Waals surface area contributed by atoms with E-state index >= 15 is 0 Å². The van der Waals surface area contributed by atoms with Gasteiger partial charge in [-0.15, -0.1) is 11.8 Å². The van der Waals surface area contributed by atoms with E-state index in [0.29, 0.717) is 13.1 Å². The Kier molecular flexibility index (Phi) is 9.00. The van der Waals surface area contributed by atoms with Crippen LogP contribution in [0.4, 0.5) is 5.69 Å². The Balaban J connectivity index is 1.60. The van der Waals surface area contributed by atoms with Crippen LogP contribution in [0.5, 0.6) is 5.75 Å². The average Bonchev–Trinajstić information content (AvgIpc) is 3.31. The van der Waals surface area contributed by atoms with E-state index < -0.39 is 0 Å². The molecule has 2 atom stereocenters. The molecule has 2 amide bonds. The fourth-order valence-corrected chi connectivity index (χ4v) is 4.43. The monoisotopic (exact) mass is 456 g/mol. The number of hydrogen-bond donors (Lipinski definition) is 1. The van der Waals surface area contributed by atoms with Crippen molar-refractivity contribution in [3.63, 3.8) is 0 Å². The molecule has 0 aromatic heterocycles. The van der Waals surface area contributed by atoms with Gasteiger partial charge in [0.15, 0.2) is 0 Å². The third-order valence-corrected chi connectivity index (χ3v) is 6.59. The highest BCUT2D eigenvalue weighted by atomic mass is 32.2. The SMILES string of the molecule is COc1ccccc1CN(CC1CCCO1)C(=O)C(C)SCC(=O)Nc1ccc(C)cc1. The lowest BCUT2D eigenvalue weighted by atomic mass is 10.1. The van der Waals surface area contributed by atoms with Crippen LogP contribution in [0.25, 0.3) is 0 Å². The summed E-state index contributed by atoms with van der Waals surface area (Å²) >= 11 is 1.35. The minimum absolute atomic E-state index is 0.000424. The summed E-state index contributed by atoms with van der Waals surface area (Å²) in [5.74, 6) is 0.854. The van der Waals surface area contributed by atoms with Gasteiger partial charge in [-0.25, -0.2) is 0 Å². The minimum Gasteiger partial charge on any atom is -0.496 e. The van der Waals surface area contributed by atoms with Gasteiger partial charge in [0.25, 0.3) is 0 Å². The Morgan fingerprint density at radius 1 is 1.22 bits per heavy atom. The second-order valence-corrected chi connectivity index (χ2v) is 9.36. The molecule has 0 radical (unpaired) electrons. The van der Waals surface area contributed by atoms with Crippen molar-refractivity contribution < 1.29 is 19.1 Å². The van der Waals surface area contributed by atoms with Crippen LogP contribution in [-0.4, -0.2) is 54.1 Å². The molecule has 1 aliphatic rings. The van der Waals surface area contributed by atoms with Crippen LogP contribution in [-0.2, 0) is 20.9 Å². The molecule has 1 N–H and O–H groups in total.